The molecule has 0 aromatic heterocycles. The second-order valence-electron chi connectivity index (χ2n) is 5.75. The molecule has 0 heteroatoms. The first-order valence-electron chi connectivity index (χ1n) is 7.33. The predicted molar refractivity (Wildman–Crippen MR) is 82.7 cm³/mol. The fourth-order valence-electron chi connectivity index (χ4n) is 3.58. The maximum atomic E-state index is 2.39. The van der Waals surface area contributed by atoms with Crippen LogP contribution in [0, 0.1) is 0 Å². The van der Waals surface area contributed by atoms with Crippen LogP contribution in [-0.2, 0) is 0 Å². The van der Waals surface area contributed by atoms with Gasteiger partial charge in [-0.1, -0.05) is 55.3 Å². The fourth-order valence-corrected chi connectivity index (χ4v) is 3.58. The van der Waals surface area contributed by atoms with Crippen LogP contribution in [0.15, 0.2) is 54.6 Å². The highest BCUT2D eigenvalue weighted by atomic mass is 14.2. The molecule has 0 spiro atoms. The predicted octanol–water partition coefficient (Wildman–Crippen LogP) is 5.65. The van der Waals surface area contributed by atoms with E-state index in [9.17, 15) is 0 Å². The molecule has 3 aromatic rings. The quantitative estimate of drug-likeness (QED) is 0.487. The number of fused-ring (bicyclic) bond motifs is 2. The van der Waals surface area contributed by atoms with Gasteiger partial charge in [0.1, 0.15) is 0 Å². The molecule has 0 N–H and O–H groups in total. The summed E-state index contributed by atoms with van der Waals surface area (Å²) in [5, 5.41) is 5.57. The molecule has 94 valence electrons. The van der Waals surface area contributed by atoms with Crippen molar-refractivity contribution in [2.45, 2.75) is 31.6 Å². The largest absolute Gasteiger partial charge is 0.0616 e. The molecule has 3 aromatic carbocycles. The van der Waals surface area contributed by atoms with E-state index >= 15 is 0 Å². The van der Waals surface area contributed by atoms with Crippen LogP contribution in [0.1, 0.15) is 37.2 Å². The summed E-state index contributed by atoms with van der Waals surface area (Å²) in [6.07, 6.45) is 5.53. The van der Waals surface area contributed by atoms with Crippen LogP contribution in [0.25, 0.3) is 21.5 Å². The SMILES string of the molecule is c1ccc2cc3c(C4CCCC4)cccc3cc2c1. The molecule has 1 fully saturated rings. The van der Waals surface area contributed by atoms with Crippen molar-refractivity contribution in [2.75, 3.05) is 0 Å². The number of hydrogen-bond acceptors (Lipinski definition) is 0. The zero-order chi connectivity index (χ0) is 12.7. The number of rotatable bonds is 1. The van der Waals surface area contributed by atoms with Crippen LogP contribution in [-0.4, -0.2) is 0 Å². The van der Waals surface area contributed by atoms with Crippen molar-refractivity contribution in [2.24, 2.45) is 0 Å². The van der Waals surface area contributed by atoms with E-state index in [2.05, 4.69) is 54.6 Å². The van der Waals surface area contributed by atoms with Crippen molar-refractivity contribution in [1.29, 1.82) is 0 Å². The standard InChI is InChI=1S/C19H18/c1-2-7-14(6-1)18-11-5-10-17-12-15-8-3-4-9-16(15)13-19(17)18/h3-5,8-14H,1-2,6-7H2. The summed E-state index contributed by atoms with van der Waals surface area (Å²) < 4.78 is 0. The van der Waals surface area contributed by atoms with Crippen molar-refractivity contribution in [1.82, 2.24) is 0 Å². The van der Waals surface area contributed by atoms with Crippen molar-refractivity contribution in [3.8, 4) is 0 Å². The van der Waals surface area contributed by atoms with Crippen LogP contribution in [0.3, 0.4) is 0 Å². The molecule has 1 aliphatic carbocycles. The lowest BCUT2D eigenvalue weighted by Crippen LogP contribution is -1.93. The lowest BCUT2D eigenvalue weighted by Gasteiger charge is -2.14. The number of benzene rings is 3. The lowest BCUT2D eigenvalue weighted by atomic mass is 9.91. The summed E-state index contributed by atoms with van der Waals surface area (Å²) >= 11 is 0. The summed E-state index contributed by atoms with van der Waals surface area (Å²) in [6.45, 7) is 0. The van der Waals surface area contributed by atoms with Crippen LogP contribution in [0.5, 0.6) is 0 Å². The van der Waals surface area contributed by atoms with Gasteiger partial charge in [0.2, 0.25) is 0 Å². The topological polar surface area (TPSA) is 0 Å². The first kappa shape index (κ1) is 11.0. The zero-order valence-electron chi connectivity index (χ0n) is 11.1. The van der Waals surface area contributed by atoms with E-state index in [1.807, 2.05) is 0 Å². The maximum absolute atomic E-state index is 2.39. The first-order valence-corrected chi connectivity index (χ1v) is 7.33. The minimum absolute atomic E-state index is 0.782. The van der Waals surface area contributed by atoms with Gasteiger partial charge in [0, 0.05) is 0 Å². The molecule has 0 amide bonds. The molecule has 0 bridgehead atoms. The van der Waals surface area contributed by atoms with Gasteiger partial charge in [-0.25, -0.2) is 0 Å². The number of hydrogen-bond donors (Lipinski definition) is 0. The van der Waals surface area contributed by atoms with E-state index in [0.29, 0.717) is 0 Å². The van der Waals surface area contributed by atoms with Crippen molar-refractivity contribution >= 4 is 21.5 Å². The minimum atomic E-state index is 0.782. The Hall–Kier alpha value is -1.82. The van der Waals surface area contributed by atoms with Gasteiger partial charge in [0.25, 0.3) is 0 Å². The molecule has 1 saturated carbocycles. The Kier molecular flexibility index (Phi) is 2.55. The van der Waals surface area contributed by atoms with Crippen LogP contribution in [0.2, 0.25) is 0 Å². The van der Waals surface area contributed by atoms with Crippen molar-refractivity contribution in [3.63, 3.8) is 0 Å². The van der Waals surface area contributed by atoms with Gasteiger partial charge in [0.15, 0.2) is 0 Å². The van der Waals surface area contributed by atoms with Gasteiger partial charge < -0.3 is 0 Å². The van der Waals surface area contributed by atoms with Gasteiger partial charge in [-0.3, -0.25) is 0 Å². The average Bonchev–Trinajstić information content (AvgIpc) is 2.98. The molecule has 1 aliphatic rings. The smallest absolute Gasteiger partial charge is 0.0143 e. The second-order valence-corrected chi connectivity index (χ2v) is 5.75. The first-order chi connectivity index (χ1) is 9.42. The Balaban J connectivity index is 2.00. The van der Waals surface area contributed by atoms with Gasteiger partial charge in [-0.05, 0) is 58.0 Å². The van der Waals surface area contributed by atoms with E-state index in [4.69, 9.17) is 0 Å². The summed E-state index contributed by atoms with van der Waals surface area (Å²) in [4.78, 5) is 0. The Labute approximate surface area is 114 Å². The Bertz CT molecular complexity index is 733. The molecule has 0 radical (unpaired) electrons. The molecule has 19 heavy (non-hydrogen) atoms. The van der Waals surface area contributed by atoms with Crippen LogP contribution < -0.4 is 0 Å². The Morgan fingerprint density at radius 1 is 0.684 bits per heavy atom. The summed E-state index contributed by atoms with van der Waals surface area (Å²) in [5.41, 5.74) is 1.57. The average molecular weight is 246 g/mol. The fraction of sp³-hybridized carbons (Fsp3) is 0.263. The third kappa shape index (κ3) is 1.83. The van der Waals surface area contributed by atoms with Gasteiger partial charge in [-0.15, -0.1) is 0 Å². The summed E-state index contributed by atoms with van der Waals surface area (Å²) in [5.74, 6) is 0.782. The summed E-state index contributed by atoms with van der Waals surface area (Å²) in [7, 11) is 0. The normalized spacial score (nSPS) is 16.4. The highest BCUT2D eigenvalue weighted by Crippen LogP contribution is 2.38. The van der Waals surface area contributed by atoms with Gasteiger partial charge >= 0.3 is 0 Å². The highest BCUT2D eigenvalue weighted by Gasteiger charge is 2.18. The van der Waals surface area contributed by atoms with Gasteiger partial charge in [0.05, 0.1) is 0 Å². The lowest BCUT2D eigenvalue weighted by molar-refractivity contribution is 0.729. The van der Waals surface area contributed by atoms with E-state index in [-0.39, 0.29) is 0 Å². The van der Waals surface area contributed by atoms with Crippen LogP contribution in [0.4, 0.5) is 0 Å². The Morgan fingerprint density at radius 3 is 2.16 bits per heavy atom. The van der Waals surface area contributed by atoms with E-state index in [0.717, 1.165) is 5.92 Å². The molecule has 0 atom stereocenters. The zero-order valence-corrected chi connectivity index (χ0v) is 11.1. The third-order valence-electron chi connectivity index (χ3n) is 4.58. The van der Waals surface area contributed by atoms with Crippen molar-refractivity contribution < 1.29 is 0 Å². The third-order valence-corrected chi connectivity index (χ3v) is 4.58. The molecular formula is C19H18. The van der Waals surface area contributed by atoms with Gasteiger partial charge in [-0.2, -0.15) is 0 Å². The van der Waals surface area contributed by atoms with E-state index in [1.54, 1.807) is 5.56 Å². The van der Waals surface area contributed by atoms with E-state index in [1.165, 1.54) is 47.2 Å². The second kappa shape index (κ2) is 4.38. The molecule has 0 unspecified atom stereocenters. The molecule has 0 saturated heterocycles. The molecule has 0 heterocycles. The Morgan fingerprint density at radius 2 is 1.37 bits per heavy atom. The maximum Gasteiger partial charge on any atom is -0.0143 e. The van der Waals surface area contributed by atoms with Crippen molar-refractivity contribution in [3.05, 3.63) is 60.2 Å². The monoisotopic (exact) mass is 246 g/mol. The highest BCUT2D eigenvalue weighted by molar-refractivity contribution is 5.99. The van der Waals surface area contributed by atoms with Crippen LogP contribution >= 0.6 is 0 Å². The minimum Gasteiger partial charge on any atom is -0.0616 e. The summed E-state index contributed by atoms with van der Waals surface area (Å²) in [6, 6.07) is 20.2. The molecule has 0 nitrogen and oxygen atoms in total. The molecule has 0 aliphatic heterocycles. The van der Waals surface area contributed by atoms with E-state index < -0.39 is 0 Å². The molecule has 4 rings (SSSR count). The molecular weight excluding hydrogens is 228 g/mol.